The van der Waals surface area contributed by atoms with Gasteiger partial charge in [0.15, 0.2) is 0 Å². The van der Waals surface area contributed by atoms with Crippen LogP contribution >= 0.6 is 11.8 Å². The molecule has 0 aromatic heterocycles. The molecule has 1 saturated heterocycles. The second-order valence-corrected chi connectivity index (χ2v) is 6.42. The van der Waals surface area contributed by atoms with Gasteiger partial charge in [-0.1, -0.05) is 25.7 Å². The summed E-state index contributed by atoms with van der Waals surface area (Å²) in [7, 11) is 0. The van der Waals surface area contributed by atoms with Crippen molar-refractivity contribution in [3.05, 3.63) is 0 Å². The predicted molar refractivity (Wildman–Crippen MR) is 64.7 cm³/mol. The van der Waals surface area contributed by atoms with Gasteiger partial charge in [-0.15, -0.1) is 0 Å². The van der Waals surface area contributed by atoms with E-state index in [1.807, 2.05) is 0 Å². The molecule has 82 valence electrons. The van der Waals surface area contributed by atoms with Gasteiger partial charge in [-0.25, -0.2) is 0 Å². The van der Waals surface area contributed by atoms with Gasteiger partial charge < -0.3 is 5.73 Å². The molecule has 1 unspecified atom stereocenters. The Bertz CT molecular complexity index is 167. The van der Waals surface area contributed by atoms with Crippen LogP contribution in [0.1, 0.15) is 51.4 Å². The number of rotatable bonds is 2. The van der Waals surface area contributed by atoms with Gasteiger partial charge in [0.2, 0.25) is 0 Å². The Morgan fingerprint density at radius 1 is 1.07 bits per heavy atom. The molecule has 0 radical (unpaired) electrons. The smallest absolute Gasteiger partial charge is 0.0310 e. The number of hydrogen-bond acceptors (Lipinski definition) is 2. The van der Waals surface area contributed by atoms with E-state index in [9.17, 15) is 0 Å². The maximum absolute atomic E-state index is 6.03. The van der Waals surface area contributed by atoms with Gasteiger partial charge in [0.05, 0.1) is 0 Å². The molecule has 0 aromatic rings. The van der Waals surface area contributed by atoms with Crippen LogP contribution in [0.5, 0.6) is 0 Å². The van der Waals surface area contributed by atoms with Crippen molar-refractivity contribution in [1.29, 1.82) is 0 Å². The van der Waals surface area contributed by atoms with Gasteiger partial charge in [-0.3, -0.25) is 0 Å². The van der Waals surface area contributed by atoms with E-state index in [0.717, 1.165) is 12.5 Å². The largest absolute Gasteiger partial charge is 0.329 e. The Labute approximate surface area is 92.2 Å². The van der Waals surface area contributed by atoms with Gasteiger partial charge in [-0.2, -0.15) is 11.8 Å². The molecular weight excluding hydrogens is 190 g/mol. The molecule has 1 saturated carbocycles. The van der Waals surface area contributed by atoms with Crippen LogP contribution in [0.4, 0.5) is 0 Å². The lowest BCUT2D eigenvalue weighted by Gasteiger charge is -2.35. The molecule has 1 nitrogen and oxygen atoms in total. The van der Waals surface area contributed by atoms with E-state index in [-0.39, 0.29) is 0 Å². The van der Waals surface area contributed by atoms with E-state index < -0.39 is 0 Å². The second-order valence-electron chi connectivity index (χ2n) is 4.91. The number of thioether (sulfide) groups is 1. The van der Waals surface area contributed by atoms with E-state index in [1.54, 1.807) is 0 Å². The molecule has 0 aromatic carbocycles. The Morgan fingerprint density at radius 2 is 1.79 bits per heavy atom. The minimum atomic E-state index is 0.490. The first-order valence-corrected chi connectivity index (χ1v) is 7.20. The zero-order valence-electron chi connectivity index (χ0n) is 9.13. The Balaban J connectivity index is 2.01. The summed E-state index contributed by atoms with van der Waals surface area (Å²) in [6, 6.07) is 0. The quantitative estimate of drug-likeness (QED) is 0.713. The average Bonchev–Trinajstić information content (AvgIpc) is 2.54. The minimum Gasteiger partial charge on any atom is -0.329 e. The first-order valence-electron chi connectivity index (χ1n) is 6.21. The number of nitrogens with two attached hydrogens (primary N) is 1. The summed E-state index contributed by atoms with van der Waals surface area (Å²) >= 11 is 2.18. The molecule has 2 rings (SSSR count). The van der Waals surface area contributed by atoms with Crippen LogP contribution in [0, 0.1) is 5.92 Å². The monoisotopic (exact) mass is 213 g/mol. The normalized spacial score (nSPS) is 35.8. The zero-order chi connectivity index (χ0) is 9.86. The van der Waals surface area contributed by atoms with Crippen LogP contribution in [-0.4, -0.2) is 17.0 Å². The second kappa shape index (κ2) is 4.89. The Hall–Kier alpha value is 0.310. The molecule has 1 atom stereocenters. The molecule has 1 aliphatic carbocycles. The van der Waals surface area contributed by atoms with E-state index in [2.05, 4.69) is 11.8 Å². The van der Waals surface area contributed by atoms with Crippen LogP contribution in [-0.2, 0) is 0 Å². The van der Waals surface area contributed by atoms with Crippen molar-refractivity contribution < 1.29 is 0 Å². The van der Waals surface area contributed by atoms with Gasteiger partial charge in [-0.05, 0) is 37.4 Å². The van der Waals surface area contributed by atoms with Gasteiger partial charge in [0.1, 0.15) is 0 Å². The molecule has 14 heavy (non-hydrogen) atoms. The molecule has 2 fully saturated rings. The average molecular weight is 213 g/mol. The standard InChI is InChI=1S/C12H23NS/c13-10-12(8-5-9-14-12)11-6-3-1-2-4-7-11/h11H,1-10,13H2. The van der Waals surface area contributed by atoms with Crippen molar-refractivity contribution in [1.82, 2.24) is 0 Å². The third kappa shape index (κ3) is 2.11. The highest BCUT2D eigenvalue weighted by Crippen LogP contribution is 2.47. The summed E-state index contributed by atoms with van der Waals surface area (Å²) < 4.78 is 0.490. The highest BCUT2D eigenvalue weighted by molar-refractivity contribution is 8.00. The van der Waals surface area contributed by atoms with E-state index in [0.29, 0.717) is 4.75 Å². The lowest BCUT2D eigenvalue weighted by atomic mass is 9.82. The maximum atomic E-state index is 6.03. The van der Waals surface area contributed by atoms with Crippen molar-refractivity contribution in [2.24, 2.45) is 11.7 Å². The first kappa shape index (κ1) is 10.8. The third-order valence-corrected chi connectivity index (χ3v) is 5.85. The molecule has 2 aliphatic rings. The van der Waals surface area contributed by atoms with Crippen LogP contribution < -0.4 is 5.73 Å². The van der Waals surface area contributed by atoms with Crippen LogP contribution in [0.3, 0.4) is 0 Å². The lowest BCUT2D eigenvalue weighted by Crippen LogP contribution is -2.39. The van der Waals surface area contributed by atoms with E-state index in [1.165, 1.54) is 57.1 Å². The maximum Gasteiger partial charge on any atom is 0.0310 e. The molecule has 2 N–H and O–H groups in total. The first-order chi connectivity index (χ1) is 6.87. The van der Waals surface area contributed by atoms with Crippen molar-refractivity contribution >= 4 is 11.8 Å². The predicted octanol–water partition coefficient (Wildman–Crippen LogP) is 3.18. The summed E-state index contributed by atoms with van der Waals surface area (Å²) in [6.45, 7) is 0.919. The fourth-order valence-corrected chi connectivity index (χ4v) is 4.75. The fourth-order valence-electron chi connectivity index (χ4n) is 3.17. The molecule has 0 bridgehead atoms. The molecule has 0 amide bonds. The van der Waals surface area contributed by atoms with Crippen molar-refractivity contribution in [2.45, 2.75) is 56.1 Å². The zero-order valence-corrected chi connectivity index (χ0v) is 9.95. The van der Waals surface area contributed by atoms with Gasteiger partial charge in [0.25, 0.3) is 0 Å². The molecular formula is C12H23NS. The van der Waals surface area contributed by atoms with Crippen LogP contribution in [0.25, 0.3) is 0 Å². The highest BCUT2D eigenvalue weighted by Gasteiger charge is 2.40. The third-order valence-electron chi connectivity index (χ3n) is 4.08. The molecule has 1 aliphatic heterocycles. The Morgan fingerprint density at radius 3 is 2.29 bits per heavy atom. The van der Waals surface area contributed by atoms with Crippen molar-refractivity contribution in [3.8, 4) is 0 Å². The summed E-state index contributed by atoms with van der Waals surface area (Å²) in [4.78, 5) is 0. The summed E-state index contributed by atoms with van der Waals surface area (Å²) in [5.74, 6) is 2.29. The fraction of sp³-hybridized carbons (Fsp3) is 1.00. The van der Waals surface area contributed by atoms with Crippen molar-refractivity contribution in [2.75, 3.05) is 12.3 Å². The van der Waals surface area contributed by atoms with Crippen LogP contribution in [0.2, 0.25) is 0 Å². The van der Waals surface area contributed by atoms with E-state index in [4.69, 9.17) is 5.73 Å². The van der Waals surface area contributed by atoms with Gasteiger partial charge >= 0.3 is 0 Å². The summed E-state index contributed by atoms with van der Waals surface area (Å²) in [6.07, 6.45) is 11.5. The highest BCUT2D eigenvalue weighted by atomic mass is 32.2. The van der Waals surface area contributed by atoms with Crippen molar-refractivity contribution in [3.63, 3.8) is 0 Å². The minimum absolute atomic E-state index is 0.490. The SMILES string of the molecule is NCC1(C2CCCCCC2)CCCS1. The van der Waals surface area contributed by atoms with Crippen LogP contribution in [0.15, 0.2) is 0 Å². The lowest BCUT2D eigenvalue weighted by molar-refractivity contribution is 0.333. The van der Waals surface area contributed by atoms with E-state index >= 15 is 0 Å². The topological polar surface area (TPSA) is 26.0 Å². The molecule has 2 heteroatoms. The molecule has 1 heterocycles. The Kier molecular flexibility index (Phi) is 3.78. The van der Waals surface area contributed by atoms with Gasteiger partial charge in [0, 0.05) is 11.3 Å². The molecule has 0 spiro atoms. The number of hydrogen-bond donors (Lipinski definition) is 1. The summed E-state index contributed by atoms with van der Waals surface area (Å²) in [5.41, 5.74) is 6.03. The summed E-state index contributed by atoms with van der Waals surface area (Å²) in [5, 5.41) is 0.